The Balaban J connectivity index is 1.35. The maximum Gasteiger partial charge on any atom is 0.321 e. The summed E-state index contributed by atoms with van der Waals surface area (Å²) in [5.41, 5.74) is 3.77. The van der Waals surface area contributed by atoms with Gasteiger partial charge >= 0.3 is 6.03 Å². The Morgan fingerprint density at radius 3 is 3.11 bits per heavy atom. The molecule has 4 rings (SSSR count). The highest BCUT2D eigenvalue weighted by atomic mass is 16.2. The third kappa shape index (κ3) is 3.98. The molecule has 0 aliphatic carbocycles. The largest absolute Gasteiger partial charge is 0.323 e. The lowest BCUT2D eigenvalue weighted by molar-refractivity contribution is 0.220. The summed E-state index contributed by atoms with van der Waals surface area (Å²) in [6, 6.07) is 5.57. The normalized spacial score (nSPS) is 13.2. The van der Waals surface area contributed by atoms with E-state index in [0.29, 0.717) is 18.8 Å². The first kappa shape index (κ1) is 17.2. The molecule has 0 saturated carbocycles. The molecule has 2 amide bonds. The molecule has 27 heavy (non-hydrogen) atoms. The van der Waals surface area contributed by atoms with Gasteiger partial charge < -0.3 is 15.5 Å². The smallest absolute Gasteiger partial charge is 0.321 e. The van der Waals surface area contributed by atoms with Gasteiger partial charge in [0, 0.05) is 38.1 Å². The molecule has 0 saturated heterocycles. The van der Waals surface area contributed by atoms with Crippen LogP contribution in [0.1, 0.15) is 17.0 Å². The Labute approximate surface area is 157 Å². The van der Waals surface area contributed by atoms with Crippen molar-refractivity contribution in [1.29, 1.82) is 0 Å². The van der Waals surface area contributed by atoms with Crippen LogP contribution < -0.4 is 10.6 Å². The van der Waals surface area contributed by atoms with Crippen molar-refractivity contribution in [2.75, 3.05) is 18.9 Å². The third-order valence-electron chi connectivity index (χ3n) is 4.52. The summed E-state index contributed by atoms with van der Waals surface area (Å²) >= 11 is 0. The summed E-state index contributed by atoms with van der Waals surface area (Å²) in [4.78, 5) is 18.4. The van der Waals surface area contributed by atoms with Crippen molar-refractivity contribution in [2.45, 2.75) is 26.2 Å². The standard InChI is InChI=1S/C18H22N8O/c1-24(11-14-8-22-26-7-6-19-10-17(14)26)18(27)23-16-9-21-25(13-16)12-15-4-2-3-5-20-15/h2-5,8-9,13,19H,6-7,10-12H2,1H3,(H,23,27). The molecule has 0 bridgehead atoms. The van der Waals surface area contributed by atoms with Gasteiger partial charge in [0.2, 0.25) is 0 Å². The molecule has 0 spiro atoms. The van der Waals surface area contributed by atoms with Crippen LogP contribution in [-0.4, -0.2) is 49.1 Å². The van der Waals surface area contributed by atoms with Gasteiger partial charge in [-0.15, -0.1) is 0 Å². The number of nitrogens with zero attached hydrogens (tertiary/aromatic N) is 6. The van der Waals surface area contributed by atoms with E-state index in [9.17, 15) is 4.79 Å². The highest BCUT2D eigenvalue weighted by molar-refractivity contribution is 5.88. The van der Waals surface area contributed by atoms with Gasteiger partial charge in [-0.3, -0.25) is 14.3 Å². The molecule has 0 unspecified atom stereocenters. The minimum Gasteiger partial charge on any atom is -0.323 e. The Kier molecular flexibility index (Phi) is 4.84. The maximum atomic E-state index is 12.5. The highest BCUT2D eigenvalue weighted by Crippen LogP contribution is 2.14. The molecule has 0 radical (unpaired) electrons. The zero-order valence-corrected chi connectivity index (χ0v) is 15.2. The van der Waals surface area contributed by atoms with Crippen LogP contribution in [0.2, 0.25) is 0 Å². The van der Waals surface area contributed by atoms with Crippen molar-refractivity contribution < 1.29 is 4.79 Å². The van der Waals surface area contributed by atoms with E-state index in [1.807, 2.05) is 29.1 Å². The van der Waals surface area contributed by atoms with Crippen LogP contribution in [0.15, 0.2) is 43.0 Å². The van der Waals surface area contributed by atoms with Crippen molar-refractivity contribution in [3.8, 4) is 0 Å². The number of rotatable bonds is 5. The summed E-state index contributed by atoms with van der Waals surface area (Å²) in [6.07, 6.45) is 7.03. The lowest BCUT2D eigenvalue weighted by Crippen LogP contribution is -2.32. The Hall–Kier alpha value is -3.20. The first-order valence-electron chi connectivity index (χ1n) is 8.88. The Morgan fingerprint density at radius 2 is 2.26 bits per heavy atom. The molecule has 9 heteroatoms. The average molecular weight is 366 g/mol. The average Bonchev–Trinajstić information content (AvgIpc) is 3.30. The van der Waals surface area contributed by atoms with Crippen LogP contribution in [0.3, 0.4) is 0 Å². The van der Waals surface area contributed by atoms with E-state index in [0.717, 1.165) is 36.6 Å². The van der Waals surface area contributed by atoms with E-state index < -0.39 is 0 Å². The molecular formula is C18H22N8O. The van der Waals surface area contributed by atoms with Crippen LogP contribution in [0, 0.1) is 0 Å². The first-order chi connectivity index (χ1) is 13.2. The minimum absolute atomic E-state index is 0.184. The quantitative estimate of drug-likeness (QED) is 0.710. The highest BCUT2D eigenvalue weighted by Gasteiger charge is 2.18. The monoisotopic (exact) mass is 366 g/mol. The van der Waals surface area contributed by atoms with Gasteiger partial charge in [0.05, 0.1) is 49.1 Å². The second-order valence-corrected chi connectivity index (χ2v) is 6.55. The van der Waals surface area contributed by atoms with Gasteiger partial charge in [-0.05, 0) is 12.1 Å². The van der Waals surface area contributed by atoms with E-state index in [1.54, 1.807) is 35.2 Å². The zero-order chi connectivity index (χ0) is 18.6. The van der Waals surface area contributed by atoms with Crippen LogP contribution in [-0.2, 0) is 26.2 Å². The molecule has 9 nitrogen and oxygen atoms in total. The topological polar surface area (TPSA) is 92.9 Å². The number of amides is 2. The molecule has 1 aliphatic rings. The first-order valence-corrected chi connectivity index (χ1v) is 8.88. The number of carbonyl (C=O) groups is 1. The van der Waals surface area contributed by atoms with Crippen molar-refractivity contribution in [2.24, 2.45) is 0 Å². The van der Waals surface area contributed by atoms with Crippen LogP contribution in [0.25, 0.3) is 0 Å². The number of carbonyl (C=O) groups excluding carboxylic acids is 1. The molecule has 3 aromatic heterocycles. The number of hydrogen-bond donors (Lipinski definition) is 2. The lowest BCUT2D eigenvalue weighted by atomic mass is 10.2. The molecule has 4 heterocycles. The predicted molar refractivity (Wildman–Crippen MR) is 100.0 cm³/mol. The van der Waals surface area contributed by atoms with Crippen molar-refractivity contribution in [3.63, 3.8) is 0 Å². The Morgan fingerprint density at radius 1 is 1.33 bits per heavy atom. The summed E-state index contributed by atoms with van der Waals surface area (Å²) < 4.78 is 3.75. The third-order valence-corrected chi connectivity index (χ3v) is 4.52. The van der Waals surface area contributed by atoms with E-state index in [4.69, 9.17) is 0 Å². The van der Waals surface area contributed by atoms with Crippen LogP contribution in [0.5, 0.6) is 0 Å². The van der Waals surface area contributed by atoms with Crippen LogP contribution in [0.4, 0.5) is 10.5 Å². The molecule has 0 aromatic carbocycles. The number of anilines is 1. The van der Waals surface area contributed by atoms with Crippen LogP contribution >= 0.6 is 0 Å². The molecular weight excluding hydrogens is 344 g/mol. The van der Waals surface area contributed by atoms with Crippen molar-refractivity contribution in [1.82, 2.24) is 34.8 Å². The van der Waals surface area contributed by atoms with Gasteiger partial charge in [-0.2, -0.15) is 10.2 Å². The second-order valence-electron chi connectivity index (χ2n) is 6.55. The van der Waals surface area contributed by atoms with E-state index >= 15 is 0 Å². The number of fused-ring (bicyclic) bond motifs is 1. The van der Waals surface area contributed by atoms with Gasteiger partial charge in [0.15, 0.2) is 0 Å². The number of pyridine rings is 1. The molecule has 1 aliphatic heterocycles. The zero-order valence-electron chi connectivity index (χ0n) is 15.2. The fourth-order valence-electron chi connectivity index (χ4n) is 3.09. The maximum absolute atomic E-state index is 12.5. The Bertz CT molecular complexity index is 917. The van der Waals surface area contributed by atoms with E-state index in [1.165, 1.54) is 0 Å². The molecule has 3 aromatic rings. The summed E-state index contributed by atoms with van der Waals surface area (Å²) in [5, 5.41) is 14.9. The fraction of sp³-hybridized carbons (Fsp3) is 0.333. The van der Waals surface area contributed by atoms with Gasteiger partial charge in [0.1, 0.15) is 0 Å². The molecule has 2 N–H and O–H groups in total. The number of aromatic nitrogens is 5. The molecule has 0 fully saturated rings. The molecule has 0 atom stereocenters. The van der Waals surface area contributed by atoms with Gasteiger partial charge in [-0.1, -0.05) is 6.07 Å². The van der Waals surface area contributed by atoms with Crippen molar-refractivity contribution in [3.05, 3.63) is 59.9 Å². The van der Waals surface area contributed by atoms with Gasteiger partial charge in [0.25, 0.3) is 0 Å². The number of urea groups is 1. The fourth-order valence-corrected chi connectivity index (χ4v) is 3.09. The predicted octanol–water partition coefficient (Wildman–Crippen LogP) is 1.29. The number of hydrogen-bond acceptors (Lipinski definition) is 5. The van der Waals surface area contributed by atoms with E-state index in [2.05, 4.69) is 25.8 Å². The van der Waals surface area contributed by atoms with E-state index in [-0.39, 0.29) is 6.03 Å². The van der Waals surface area contributed by atoms with Crippen molar-refractivity contribution >= 4 is 11.7 Å². The SMILES string of the molecule is CN(Cc1cnn2c1CNCC2)C(=O)Nc1cnn(Cc2ccccn2)c1. The molecule has 140 valence electrons. The lowest BCUT2D eigenvalue weighted by Gasteiger charge is -2.20. The summed E-state index contributed by atoms with van der Waals surface area (Å²) in [5.74, 6) is 0. The summed E-state index contributed by atoms with van der Waals surface area (Å²) in [6.45, 7) is 3.63. The second kappa shape index (κ2) is 7.58. The van der Waals surface area contributed by atoms with Gasteiger partial charge in [-0.25, -0.2) is 4.79 Å². The minimum atomic E-state index is -0.184. The summed E-state index contributed by atoms with van der Waals surface area (Å²) in [7, 11) is 1.77. The number of nitrogens with one attached hydrogen (secondary N) is 2.